The third kappa shape index (κ3) is 3.57. The Hall–Kier alpha value is -3.19. The SMILES string of the molecule is COc1ccc(N=C[C@H]2C(=O)NC(=O)N(c3ccc(Cl)cc3)C2=O)cc1. The Kier molecular flexibility index (Phi) is 4.99. The highest BCUT2D eigenvalue weighted by atomic mass is 35.5. The summed E-state index contributed by atoms with van der Waals surface area (Å²) in [5, 5.41) is 2.63. The second-order valence-corrected chi connectivity index (χ2v) is 5.83. The van der Waals surface area contributed by atoms with Crippen LogP contribution in [0.1, 0.15) is 0 Å². The smallest absolute Gasteiger partial charge is 0.335 e. The lowest BCUT2D eigenvalue weighted by Gasteiger charge is -2.28. The van der Waals surface area contributed by atoms with Gasteiger partial charge in [-0.25, -0.2) is 9.69 Å². The molecule has 7 nitrogen and oxygen atoms in total. The fourth-order valence-electron chi connectivity index (χ4n) is 2.39. The number of carbonyl (C=O) groups excluding carboxylic acids is 3. The minimum atomic E-state index is -1.22. The molecule has 0 aromatic heterocycles. The number of barbiturate groups is 1. The van der Waals surface area contributed by atoms with Crippen LogP contribution in [-0.4, -0.2) is 31.2 Å². The highest BCUT2D eigenvalue weighted by molar-refractivity contribution is 6.33. The Labute approximate surface area is 154 Å². The average molecular weight is 372 g/mol. The van der Waals surface area contributed by atoms with Gasteiger partial charge in [0.2, 0.25) is 5.91 Å². The number of carbonyl (C=O) groups is 3. The topological polar surface area (TPSA) is 88.1 Å². The first-order chi connectivity index (χ1) is 12.5. The molecular formula is C18H14ClN3O4. The van der Waals surface area contributed by atoms with Crippen LogP contribution in [-0.2, 0) is 9.59 Å². The van der Waals surface area contributed by atoms with Crippen LogP contribution in [0.25, 0.3) is 0 Å². The van der Waals surface area contributed by atoms with Gasteiger partial charge in [0.05, 0.1) is 18.5 Å². The summed E-state index contributed by atoms with van der Waals surface area (Å²) in [6.07, 6.45) is 1.22. The van der Waals surface area contributed by atoms with Crippen molar-refractivity contribution in [2.75, 3.05) is 12.0 Å². The number of hydrogen-bond donors (Lipinski definition) is 1. The molecule has 4 amide bonds. The molecule has 0 unspecified atom stereocenters. The first kappa shape index (κ1) is 17.6. The van der Waals surface area contributed by atoms with Crippen LogP contribution in [0.15, 0.2) is 53.5 Å². The van der Waals surface area contributed by atoms with Gasteiger partial charge in [0.1, 0.15) is 5.75 Å². The molecule has 132 valence electrons. The first-order valence-electron chi connectivity index (χ1n) is 7.62. The van der Waals surface area contributed by atoms with E-state index in [-0.39, 0.29) is 0 Å². The van der Waals surface area contributed by atoms with Gasteiger partial charge in [-0.3, -0.25) is 19.9 Å². The van der Waals surface area contributed by atoms with Crippen molar-refractivity contribution in [2.24, 2.45) is 10.9 Å². The molecule has 0 spiro atoms. The number of urea groups is 1. The summed E-state index contributed by atoms with van der Waals surface area (Å²) in [4.78, 5) is 41.8. The van der Waals surface area contributed by atoms with Crippen LogP contribution in [0.5, 0.6) is 5.75 Å². The number of imide groups is 2. The second kappa shape index (κ2) is 7.37. The first-order valence-corrected chi connectivity index (χ1v) is 8.00. The van der Waals surface area contributed by atoms with E-state index in [4.69, 9.17) is 16.3 Å². The normalized spacial score (nSPS) is 17.5. The van der Waals surface area contributed by atoms with Crippen LogP contribution in [0.4, 0.5) is 16.2 Å². The number of aliphatic imine (C=N–C) groups is 1. The molecule has 1 atom stereocenters. The second-order valence-electron chi connectivity index (χ2n) is 5.40. The Bertz CT molecular complexity index is 878. The van der Waals surface area contributed by atoms with E-state index in [0.717, 1.165) is 4.90 Å². The molecule has 1 saturated heterocycles. The molecule has 3 rings (SSSR count). The van der Waals surface area contributed by atoms with Gasteiger partial charge in [0, 0.05) is 11.2 Å². The maximum absolute atomic E-state index is 12.7. The number of nitrogens with zero attached hydrogens (tertiary/aromatic N) is 2. The van der Waals surface area contributed by atoms with E-state index in [0.29, 0.717) is 22.1 Å². The van der Waals surface area contributed by atoms with Crippen molar-refractivity contribution in [3.8, 4) is 5.75 Å². The van der Waals surface area contributed by atoms with Gasteiger partial charge in [-0.15, -0.1) is 0 Å². The summed E-state index contributed by atoms with van der Waals surface area (Å²) in [6.45, 7) is 0. The number of ether oxygens (including phenoxy) is 1. The highest BCUT2D eigenvalue weighted by Crippen LogP contribution is 2.23. The third-order valence-electron chi connectivity index (χ3n) is 3.73. The molecular weight excluding hydrogens is 358 g/mol. The average Bonchev–Trinajstić information content (AvgIpc) is 2.63. The van der Waals surface area contributed by atoms with E-state index < -0.39 is 23.8 Å². The van der Waals surface area contributed by atoms with Gasteiger partial charge in [-0.1, -0.05) is 11.6 Å². The number of hydrogen-bond acceptors (Lipinski definition) is 5. The summed E-state index contributed by atoms with van der Waals surface area (Å²) < 4.78 is 5.06. The lowest BCUT2D eigenvalue weighted by molar-refractivity contribution is -0.131. The van der Waals surface area contributed by atoms with Crippen LogP contribution < -0.4 is 15.0 Å². The lowest BCUT2D eigenvalue weighted by Crippen LogP contribution is -2.58. The minimum Gasteiger partial charge on any atom is -0.497 e. The molecule has 0 aliphatic carbocycles. The minimum absolute atomic E-state index is 0.312. The molecule has 26 heavy (non-hydrogen) atoms. The Morgan fingerprint density at radius 2 is 1.73 bits per heavy atom. The number of rotatable bonds is 4. The van der Waals surface area contributed by atoms with E-state index in [9.17, 15) is 14.4 Å². The van der Waals surface area contributed by atoms with Crippen molar-refractivity contribution in [3.05, 3.63) is 53.6 Å². The van der Waals surface area contributed by atoms with Crippen molar-refractivity contribution in [3.63, 3.8) is 0 Å². The summed E-state index contributed by atoms with van der Waals surface area (Å²) in [6, 6.07) is 12.1. The quantitative estimate of drug-likeness (QED) is 0.661. The fourth-order valence-corrected chi connectivity index (χ4v) is 2.51. The van der Waals surface area contributed by atoms with Crippen LogP contribution in [0, 0.1) is 5.92 Å². The molecule has 1 aliphatic rings. The number of methoxy groups -OCH3 is 1. The highest BCUT2D eigenvalue weighted by Gasteiger charge is 2.40. The summed E-state index contributed by atoms with van der Waals surface area (Å²) >= 11 is 5.83. The maximum Gasteiger partial charge on any atom is 0.335 e. The predicted molar refractivity (Wildman–Crippen MR) is 97.1 cm³/mol. The van der Waals surface area contributed by atoms with E-state index in [1.807, 2.05) is 0 Å². The zero-order valence-electron chi connectivity index (χ0n) is 13.7. The maximum atomic E-state index is 12.7. The molecule has 1 heterocycles. The van der Waals surface area contributed by atoms with Gasteiger partial charge in [0.25, 0.3) is 5.91 Å². The van der Waals surface area contributed by atoms with Crippen molar-refractivity contribution < 1.29 is 19.1 Å². The molecule has 1 fully saturated rings. The number of benzene rings is 2. The van der Waals surface area contributed by atoms with E-state index in [2.05, 4.69) is 10.3 Å². The zero-order valence-corrected chi connectivity index (χ0v) is 14.4. The molecule has 2 aromatic rings. The summed E-state index contributed by atoms with van der Waals surface area (Å²) in [5.74, 6) is -1.96. The molecule has 2 aromatic carbocycles. The predicted octanol–water partition coefficient (Wildman–Crippen LogP) is 2.95. The van der Waals surface area contributed by atoms with E-state index in [1.54, 1.807) is 43.5 Å². The third-order valence-corrected chi connectivity index (χ3v) is 3.98. The zero-order chi connectivity index (χ0) is 18.7. The number of nitrogens with one attached hydrogen (secondary N) is 1. The molecule has 0 bridgehead atoms. The van der Waals surface area contributed by atoms with Gasteiger partial charge < -0.3 is 4.74 Å². The molecule has 1 N–H and O–H groups in total. The molecule has 8 heteroatoms. The fraction of sp³-hybridized carbons (Fsp3) is 0.111. The number of amides is 4. The van der Waals surface area contributed by atoms with Crippen molar-refractivity contribution in [1.82, 2.24) is 5.32 Å². The summed E-state index contributed by atoms with van der Waals surface area (Å²) in [5.41, 5.74) is 0.855. The molecule has 1 aliphatic heterocycles. The summed E-state index contributed by atoms with van der Waals surface area (Å²) in [7, 11) is 1.55. The standard InChI is InChI=1S/C18H14ClN3O4/c1-26-14-8-4-12(5-9-14)20-10-15-16(23)21-18(25)22(17(15)24)13-6-2-11(19)3-7-13/h2-10,15H,1H3,(H,21,23,25)/t15-/m0/s1. The Morgan fingerprint density at radius 3 is 2.35 bits per heavy atom. The molecule has 0 radical (unpaired) electrons. The van der Waals surface area contributed by atoms with E-state index in [1.165, 1.54) is 18.3 Å². The van der Waals surface area contributed by atoms with Crippen LogP contribution in [0.3, 0.4) is 0 Å². The largest absolute Gasteiger partial charge is 0.497 e. The lowest BCUT2D eigenvalue weighted by atomic mass is 10.1. The van der Waals surface area contributed by atoms with Crippen molar-refractivity contribution in [1.29, 1.82) is 0 Å². The van der Waals surface area contributed by atoms with Gasteiger partial charge >= 0.3 is 6.03 Å². The van der Waals surface area contributed by atoms with Gasteiger partial charge in [-0.05, 0) is 48.5 Å². The molecule has 0 saturated carbocycles. The van der Waals surface area contributed by atoms with Crippen LogP contribution >= 0.6 is 11.6 Å². The van der Waals surface area contributed by atoms with Crippen LogP contribution in [0.2, 0.25) is 5.02 Å². The monoisotopic (exact) mass is 371 g/mol. The number of halogens is 1. The van der Waals surface area contributed by atoms with Gasteiger partial charge in [0.15, 0.2) is 5.92 Å². The Balaban J connectivity index is 1.84. The Morgan fingerprint density at radius 1 is 1.08 bits per heavy atom. The number of anilines is 1. The van der Waals surface area contributed by atoms with Gasteiger partial charge in [-0.2, -0.15) is 0 Å². The van der Waals surface area contributed by atoms with Crippen molar-refractivity contribution >= 4 is 47.0 Å². The van der Waals surface area contributed by atoms with E-state index >= 15 is 0 Å². The van der Waals surface area contributed by atoms with Crippen molar-refractivity contribution in [2.45, 2.75) is 0 Å².